The molecule has 3 nitrogen and oxygen atoms in total. The van der Waals surface area contributed by atoms with E-state index in [0.29, 0.717) is 17.7 Å². The van der Waals surface area contributed by atoms with Crippen molar-refractivity contribution in [3.63, 3.8) is 0 Å². The maximum atomic E-state index is 11.7. The van der Waals surface area contributed by atoms with Crippen LogP contribution in [0.3, 0.4) is 0 Å². The highest BCUT2D eigenvalue weighted by Crippen LogP contribution is 2.25. The van der Waals surface area contributed by atoms with Crippen molar-refractivity contribution in [3.8, 4) is 5.75 Å². The van der Waals surface area contributed by atoms with Gasteiger partial charge in [0.15, 0.2) is 5.78 Å². The zero-order valence-corrected chi connectivity index (χ0v) is 12.0. The summed E-state index contributed by atoms with van der Waals surface area (Å²) in [4.78, 5) is 11.7. The van der Waals surface area contributed by atoms with Gasteiger partial charge in [-0.1, -0.05) is 33.1 Å². The third kappa shape index (κ3) is 5.33. The lowest BCUT2D eigenvalue weighted by Gasteiger charge is -2.09. The van der Waals surface area contributed by atoms with E-state index in [2.05, 4.69) is 12.2 Å². The maximum absolute atomic E-state index is 11.7. The van der Waals surface area contributed by atoms with Crippen LogP contribution in [0.15, 0.2) is 18.2 Å². The number of rotatable bonds is 9. The lowest BCUT2D eigenvalue weighted by atomic mass is 10.1. The van der Waals surface area contributed by atoms with Gasteiger partial charge in [0.1, 0.15) is 5.75 Å². The number of hydrogen-bond acceptors (Lipinski definition) is 3. The second-order valence-electron chi connectivity index (χ2n) is 4.89. The predicted molar refractivity (Wildman–Crippen MR) is 80.0 cm³/mol. The molecule has 0 aromatic heterocycles. The molecule has 1 aromatic rings. The Labute approximate surface area is 116 Å². The second kappa shape index (κ2) is 8.57. The summed E-state index contributed by atoms with van der Waals surface area (Å²) in [5, 5.41) is 13.1. The van der Waals surface area contributed by atoms with E-state index in [1.807, 2.05) is 6.92 Å². The molecule has 0 spiro atoms. The summed E-state index contributed by atoms with van der Waals surface area (Å²) in [5.74, 6) is 0.254. The third-order valence-electron chi connectivity index (χ3n) is 3.14. The van der Waals surface area contributed by atoms with Crippen molar-refractivity contribution in [1.29, 1.82) is 0 Å². The number of carbonyl (C=O) groups is 1. The van der Waals surface area contributed by atoms with Crippen LogP contribution in [-0.2, 0) is 0 Å². The number of nitrogens with one attached hydrogen (secondary N) is 1. The van der Waals surface area contributed by atoms with Crippen LogP contribution in [-0.4, -0.2) is 17.4 Å². The summed E-state index contributed by atoms with van der Waals surface area (Å²) in [6, 6.07) is 5.14. The van der Waals surface area contributed by atoms with Crippen LogP contribution >= 0.6 is 0 Å². The molecule has 0 atom stereocenters. The third-order valence-corrected chi connectivity index (χ3v) is 3.14. The summed E-state index contributed by atoms with van der Waals surface area (Å²) in [7, 11) is 0. The molecule has 0 amide bonds. The van der Waals surface area contributed by atoms with Gasteiger partial charge in [-0.25, -0.2) is 0 Å². The van der Waals surface area contributed by atoms with Crippen LogP contribution in [0.5, 0.6) is 5.75 Å². The Balaban J connectivity index is 2.50. The van der Waals surface area contributed by atoms with Crippen molar-refractivity contribution < 1.29 is 9.90 Å². The highest BCUT2D eigenvalue weighted by Gasteiger charge is 2.08. The first-order valence-electron chi connectivity index (χ1n) is 7.29. The zero-order chi connectivity index (χ0) is 14.1. The molecule has 106 valence electrons. The monoisotopic (exact) mass is 263 g/mol. The minimum atomic E-state index is 0.0901. The molecule has 0 radical (unpaired) electrons. The van der Waals surface area contributed by atoms with Gasteiger partial charge in [0, 0.05) is 18.5 Å². The second-order valence-corrected chi connectivity index (χ2v) is 4.89. The lowest BCUT2D eigenvalue weighted by molar-refractivity contribution is 0.0981. The molecule has 0 unspecified atom stereocenters. The zero-order valence-electron chi connectivity index (χ0n) is 12.0. The fourth-order valence-corrected chi connectivity index (χ4v) is 2.00. The number of Topliss-reactive ketones (excluding diaryl/α,β-unsaturated/α-hetero) is 1. The Kier molecular flexibility index (Phi) is 7.01. The van der Waals surface area contributed by atoms with E-state index in [1.165, 1.54) is 19.3 Å². The van der Waals surface area contributed by atoms with Crippen LogP contribution in [0.1, 0.15) is 62.7 Å². The van der Waals surface area contributed by atoms with E-state index in [4.69, 9.17) is 0 Å². The van der Waals surface area contributed by atoms with Crippen molar-refractivity contribution in [1.82, 2.24) is 0 Å². The SMILES string of the molecule is CCCCCCNc1ccc(C(=O)CCC)cc1O. The molecule has 0 aliphatic heterocycles. The molecule has 1 rings (SSSR count). The standard InChI is InChI=1S/C16H25NO2/c1-3-5-6-7-11-17-14-10-9-13(12-16(14)19)15(18)8-4-2/h9-10,12,17,19H,3-8,11H2,1-2H3. The first-order valence-corrected chi connectivity index (χ1v) is 7.29. The molecule has 1 aromatic carbocycles. The first-order chi connectivity index (χ1) is 9.19. The summed E-state index contributed by atoms with van der Waals surface area (Å²) in [6.45, 7) is 5.02. The number of benzene rings is 1. The van der Waals surface area contributed by atoms with Crippen LogP contribution in [0.25, 0.3) is 0 Å². The molecule has 0 saturated carbocycles. The molecule has 19 heavy (non-hydrogen) atoms. The maximum Gasteiger partial charge on any atom is 0.163 e. The van der Waals surface area contributed by atoms with Gasteiger partial charge >= 0.3 is 0 Å². The normalized spacial score (nSPS) is 10.4. The number of phenolic OH excluding ortho intramolecular Hbond substituents is 1. The number of aromatic hydroxyl groups is 1. The number of ketones is 1. The molecule has 0 heterocycles. The van der Waals surface area contributed by atoms with Gasteiger partial charge in [-0.3, -0.25) is 4.79 Å². The number of phenols is 1. The molecule has 3 heteroatoms. The smallest absolute Gasteiger partial charge is 0.163 e. The van der Waals surface area contributed by atoms with Crippen LogP contribution in [0, 0.1) is 0 Å². The van der Waals surface area contributed by atoms with Crippen molar-refractivity contribution in [2.75, 3.05) is 11.9 Å². The van der Waals surface area contributed by atoms with Gasteiger partial charge in [0.05, 0.1) is 5.69 Å². The average molecular weight is 263 g/mol. The summed E-state index contributed by atoms with van der Waals surface area (Å²) in [5.41, 5.74) is 1.31. The molecular formula is C16H25NO2. The van der Waals surface area contributed by atoms with E-state index in [1.54, 1.807) is 18.2 Å². The van der Waals surface area contributed by atoms with E-state index < -0.39 is 0 Å². The molecule has 2 N–H and O–H groups in total. The average Bonchev–Trinajstić information content (AvgIpc) is 2.40. The summed E-state index contributed by atoms with van der Waals surface area (Å²) < 4.78 is 0. The van der Waals surface area contributed by atoms with E-state index in [9.17, 15) is 9.90 Å². The quantitative estimate of drug-likeness (QED) is 0.395. The topological polar surface area (TPSA) is 49.3 Å². The van der Waals surface area contributed by atoms with Gasteiger partial charge in [0.2, 0.25) is 0 Å². The Morgan fingerprint density at radius 1 is 1.16 bits per heavy atom. The van der Waals surface area contributed by atoms with Gasteiger partial charge in [0.25, 0.3) is 0 Å². The number of carbonyl (C=O) groups excluding carboxylic acids is 1. The van der Waals surface area contributed by atoms with Crippen LogP contribution in [0.4, 0.5) is 5.69 Å². The molecule has 0 aliphatic rings. The van der Waals surface area contributed by atoms with Gasteiger partial charge in [-0.05, 0) is 31.0 Å². The minimum Gasteiger partial charge on any atom is -0.506 e. The Bertz CT molecular complexity index is 402. The van der Waals surface area contributed by atoms with E-state index >= 15 is 0 Å². The number of unbranched alkanes of at least 4 members (excludes halogenated alkanes) is 3. The summed E-state index contributed by atoms with van der Waals surface area (Å²) in [6.07, 6.45) is 6.14. The van der Waals surface area contributed by atoms with Crippen molar-refractivity contribution in [3.05, 3.63) is 23.8 Å². The summed E-state index contributed by atoms with van der Waals surface area (Å²) >= 11 is 0. The fraction of sp³-hybridized carbons (Fsp3) is 0.562. The van der Waals surface area contributed by atoms with Gasteiger partial charge < -0.3 is 10.4 Å². The molecule has 0 saturated heterocycles. The van der Waals surface area contributed by atoms with Crippen molar-refractivity contribution in [2.45, 2.75) is 52.4 Å². The predicted octanol–water partition coefficient (Wildman–Crippen LogP) is 4.37. The van der Waals surface area contributed by atoms with Crippen LogP contribution in [0.2, 0.25) is 0 Å². The van der Waals surface area contributed by atoms with Crippen molar-refractivity contribution in [2.24, 2.45) is 0 Å². The molecular weight excluding hydrogens is 238 g/mol. The van der Waals surface area contributed by atoms with Crippen molar-refractivity contribution >= 4 is 11.5 Å². The highest BCUT2D eigenvalue weighted by atomic mass is 16.3. The fourth-order valence-electron chi connectivity index (χ4n) is 2.00. The highest BCUT2D eigenvalue weighted by molar-refractivity contribution is 5.97. The van der Waals surface area contributed by atoms with Gasteiger partial charge in [-0.2, -0.15) is 0 Å². The van der Waals surface area contributed by atoms with Crippen LogP contribution < -0.4 is 5.32 Å². The Morgan fingerprint density at radius 2 is 1.95 bits per heavy atom. The molecule has 0 bridgehead atoms. The Morgan fingerprint density at radius 3 is 2.58 bits per heavy atom. The molecule has 0 aliphatic carbocycles. The Hall–Kier alpha value is -1.51. The number of anilines is 1. The van der Waals surface area contributed by atoms with Gasteiger partial charge in [-0.15, -0.1) is 0 Å². The molecule has 0 fully saturated rings. The van der Waals surface area contributed by atoms with E-state index in [-0.39, 0.29) is 11.5 Å². The first kappa shape index (κ1) is 15.5. The van der Waals surface area contributed by atoms with E-state index in [0.717, 1.165) is 19.4 Å². The minimum absolute atomic E-state index is 0.0901. The number of hydrogen-bond donors (Lipinski definition) is 2. The largest absolute Gasteiger partial charge is 0.506 e. The lowest BCUT2D eigenvalue weighted by Crippen LogP contribution is -2.03.